The minimum atomic E-state index is -4.80. The molecule has 3 heterocycles. The van der Waals surface area contributed by atoms with E-state index in [4.69, 9.17) is 14.6 Å². The van der Waals surface area contributed by atoms with Gasteiger partial charge >= 0.3 is 18.2 Å². The first-order valence-corrected chi connectivity index (χ1v) is 12.4. The van der Waals surface area contributed by atoms with E-state index in [9.17, 15) is 56.0 Å². The van der Waals surface area contributed by atoms with E-state index in [1.165, 1.54) is 0 Å². The number of ether oxygens (including phenoxy) is 2. The molecule has 1 saturated heterocycles. The van der Waals surface area contributed by atoms with Crippen LogP contribution in [0, 0.1) is 17.5 Å². The predicted molar refractivity (Wildman–Crippen MR) is 123 cm³/mol. The number of hydrogen-bond donors (Lipinski definition) is 5. The maximum Gasteiger partial charge on any atom is 0.451 e. The van der Waals surface area contributed by atoms with Crippen LogP contribution in [0.1, 0.15) is 23.6 Å². The largest absolute Gasteiger partial charge is 0.479 e. The van der Waals surface area contributed by atoms with Gasteiger partial charge in [0.25, 0.3) is 0 Å². The fourth-order valence-corrected chi connectivity index (χ4v) is 4.54. The van der Waals surface area contributed by atoms with Gasteiger partial charge in [0.05, 0.1) is 6.54 Å². The highest BCUT2D eigenvalue weighted by atomic mass is 19.4. The zero-order valence-corrected chi connectivity index (χ0v) is 21.5. The molecule has 2 aliphatic heterocycles. The van der Waals surface area contributed by atoms with Crippen LogP contribution in [0.3, 0.4) is 0 Å². The molecule has 2 amide bonds. The molecule has 0 aliphatic carbocycles. The molecule has 14 nitrogen and oxygen atoms in total. The van der Waals surface area contributed by atoms with Gasteiger partial charge in [-0.2, -0.15) is 13.2 Å². The van der Waals surface area contributed by atoms with Crippen LogP contribution in [0.25, 0.3) is 0 Å². The van der Waals surface area contributed by atoms with E-state index in [0.717, 1.165) is 9.47 Å². The molecule has 2 aromatic rings. The van der Waals surface area contributed by atoms with Gasteiger partial charge in [0.15, 0.2) is 23.6 Å². The van der Waals surface area contributed by atoms with Gasteiger partial charge in [-0.05, 0) is 18.1 Å². The van der Waals surface area contributed by atoms with Crippen LogP contribution in [-0.4, -0.2) is 101 Å². The molecular formula is C23H23F6N5O9. The first kappa shape index (κ1) is 31.9. The first-order valence-electron chi connectivity index (χ1n) is 12.4. The number of aliphatic carboxylic acids is 1. The molecule has 43 heavy (non-hydrogen) atoms. The summed E-state index contributed by atoms with van der Waals surface area (Å²) in [6.45, 7) is -1.00. The number of nitrogens with one attached hydrogen (secondary N) is 1. The zero-order chi connectivity index (χ0) is 31.8. The Balaban J connectivity index is 1.50. The summed E-state index contributed by atoms with van der Waals surface area (Å²) in [6.07, 6.45) is -18.3. The molecule has 4 rings (SSSR count). The van der Waals surface area contributed by atoms with Crippen molar-refractivity contribution in [3.05, 3.63) is 46.8 Å². The SMILES string of the molecule is O=C(N[C@@H](CC(=O)N1CCn2c(nnc2C(F)(F)F)C1)Cc1cc(F)c(F)cc1F)O[C@H]1OC(C(=O)O)[C@H](O)[C@@H](O)[C@H]1O. The molecule has 1 unspecified atom stereocenters. The highest BCUT2D eigenvalue weighted by molar-refractivity contribution is 5.78. The number of alkyl halides is 3. The molecule has 0 spiro atoms. The Morgan fingerprint density at radius 1 is 1.02 bits per heavy atom. The minimum Gasteiger partial charge on any atom is -0.479 e. The summed E-state index contributed by atoms with van der Waals surface area (Å²) in [5, 5.41) is 47.5. The average molecular weight is 627 g/mol. The Labute approximate surface area is 236 Å². The Bertz CT molecular complexity index is 1390. The highest BCUT2D eigenvalue weighted by Crippen LogP contribution is 2.30. The third-order valence-corrected chi connectivity index (χ3v) is 6.69. The van der Waals surface area contributed by atoms with Gasteiger partial charge in [0.1, 0.15) is 24.1 Å². The van der Waals surface area contributed by atoms with Crippen LogP contribution in [0.5, 0.6) is 0 Å². The molecule has 6 atom stereocenters. The molecule has 0 radical (unpaired) electrons. The Hall–Kier alpha value is -4.01. The van der Waals surface area contributed by atoms with E-state index in [0.29, 0.717) is 6.07 Å². The lowest BCUT2D eigenvalue weighted by molar-refractivity contribution is -0.278. The van der Waals surface area contributed by atoms with E-state index in [2.05, 4.69) is 15.5 Å². The normalized spacial score (nSPS) is 24.7. The molecule has 20 heteroatoms. The first-order chi connectivity index (χ1) is 20.1. The van der Waals surface area contributed by atoms with E-state index in [1.54, 1.807) is 0 Å². The van der Waals surface area contributed by atoms with Crippen LogP contribution in [-0.2, 0) is 44.7 Å². The van der Waals surface area contributed by atoms with E-state index in [1.807, 2.05) is 0 Å². The number of rotatable bonds is 7. The summed E-state index contributed by atoms with van der Waals surface area (Å²) in [4.78, 5) is 38.1. The number of carbonyl (C=O) groups is 3. The number of benzene rings is 1. The molecule has 5 N–H and O–H groups in total. The lowest BCUT2D eigenvalue weighted by Gasteiger charge is -2.38. The molecule has 1 aromatic heterocycles. The second kappa shape index (κ2) is 12.3. The predicted octanol–water partition coefficient (Wildman–Crippen LogP) is -0.324. The zero-order valence-electron chi connectivity index (χ0n) is 21.5. The van der Waals surface area contributed by atoms with Crippen LogP contribution in [0.4, 0.5) is 31.1 Å². The van der Waals surface area contributed by atoms with Crippen molar-refractivity contribution in [2.45, 2.75) is 68.9 Å². The topological polar surface area (TPSA) is 197 Å². The molecule has 1 aromatic carbocycles. The van der Waals surface area contributed by atoms with Crippen LogP contribution in [0.15, 0.2) is 12.1 Å². The third-order valence-electron chi connectivity index (χ3n) is 6.69. The lowest BCUT2D eigenvalue weighted by atomic mass is 9.99. The molecule has 0 saturated carbocycles. The number of carboxylic acids is 1. The number of aliphatic hydroxyl groups is 3. The number of halogens is 6. The number of aliphatic hydroxyl groups excluding tert-OH is 3. The summed E-state index contributed by atoms with van der Waals surface area (Å²) >= 11 is 0. The quantitative estimate of drug-likeness (QED) is 0.199. The van der Waals surface area contributed by atoms with Crippen LogP contribution in [0.2, 0.25) is 0 Å². The van der Waals surface area contributed by atoms with Crippen LogP contribution < -0.4 is 5.32 Å². The van der Waals surface area contributed by atoms with E-state index in [-0.39, 0.29) is 25.0 Å². The average Bonchev–Trinajstić information content (AvgIpc) is 3.36. The van der Waals surface area contributed by atoms with Crippen molar-refractivity contribution in [3.63, 3.8) is 0 Å². The minimum absolute atomic E-state index is 0.195. The molecule has 1 fully saturated rings. The van der Waals surface area contributed by atoms with Crippen molar-refractivity contribution in [1.29, 1.82) is 0 Å². The van der Waals surface area contributed by atoms with Gasteiger partial charge in [0, 0.05) is 31.6 Å². The molecular weight excluding hydrogens is 604 g/mol. The summed E-state index contributed by atoms with van der Waals surface area (Å²) in [6, 6.07) is -0.764. The van der Waals surface area contributed by atoms with Gasteiger partial charge < -0.3 is 44.7 Å². The Kier molecular flexibility index (Phi) is 9.13. The lowest BCUT2D eigenvalue weighted by Crippen LogP contribution is -2.61. The van der Waals surface area contributed by atoms with Gasteiger partial charge in [-0.1, -0.05) is 0 Å². The van der Waals surface area contributed by atoms with Gasteiger partial charge in [0.2, 0.25) is 18.0 Å². The smallest absolute Gasteiger partial charge is 0.451 e. The standard InChI is InChI=1S/C23H23F6N5O9/c24-10-6-12(26)11(25)4-8(10)3-9(30-22(41)43-20-17(38)15(36)16(37)18(42-20)19(39)40)5-14(35)33-1-2-34-13(7-33)31-32-21(34)23(27,28)29/h4,6,9,15-18,20,36-38H,1-3,5,7H2,(H,30,41)(H,39,40)/t9-,15-,16-,17-,18?,20-/m1/s1. The number of hydrogen-bond acceptors (Lipinski definition) is 10. The summed E-state index contributed by atoms with van der Waals surface area (Å²) in [5.74, 6) is -8.25. The van der Waals surface area contributed by atoms with Crippen molar-refractivity contribution >= 4 is 18.0 Å². The summed E-state index contributed by atoms with van der Waals surface area (Å²) in [5.41, 5.74) is -0.497. The number of carboxylic acid groups (broad SMARTS) is 1. The van der Waals surface area contributed by atoms with Crippen molar-refractivity contribution < 1.29 is 70.6 Å². The Morgan fingerprint density at radius 3 is 2.35 bits per heavy atom. The number of fused-ring (bicyclic) bond motifs is 1. The maximum absolute atomic E-state index is 14.4. The van der Waals surface area contributed by atoms with Crippen molar-refractivity contribution in [2.75, 3.05) is 6.54 Å². The molecule has 0 bridgehead atoms. The van der Waals surface area contributed by atoms with Gasteiger partial charge in [-0.25, -0.2) is 22.8 Å². The molecule has 2 aliphatic rings. The summed E-state index contributed by atoms with van der Waals surface area (Å²) in [7, 11) is 0. The Morgan fingerprint density at radius 2 is 1.70 bits per heavy atom. The fourth-order valence-electron chi connectivity index (χ4n) is 4.54. The molecule has 236 valence electrons. The maximum atomic E-state index is 14.4. The number of alkyl carbamates (subject to hydrolysis) is 1. The number of nitrogens with zero attached hydrogens (tertiary/aromatic N) is 4. The van der Waals surface area contributed by atoms with Crippen molar-refractivity contribution in [3.8, 4) is 0 Å². The number of carbonyl (C=O) groups excluding carboxylic acids is 2. The number of aromatic nitrogens is 3. The van der Waals surface area contributed by atoms with E-state index < -0.39 is 109 Å². The monoisotopic (exact) mass is 627 g/mol. The van der Waals surface area contributed by atoms with Gasteiger partial charge in [-0.15, -0.1) is 10.2 Å². The fraction of sp³-hybridized carbons (Fsp3) is 0.522. The third kappa shape index (κ3) is 6.98. The number of amides is 2. The second-order valence-corrected chi connectivity index (χ2v) is 9.65. The van der Waals surface area contributed by atoms with Crippen LogP contribution >= 0.6 is 0 Å². The van der Waals surface area contributed by atoms with Crippen molar-refractivity contribution in [2.24, 2.45) is 0 Å². The van der Waals surface area contributed by atoms with E-state index >= 15 is 0 Å². The highest BCUT2D eigenvalue weighted by Gasteiger charge is 2.49. The second-order valence-electron chi connectivity index (χ2n) is 9.65. The van der Waals surface area contributed by atoms with Crippen molar-refractivity contribution in [1.82, 2.24) is 25.0 Å². The van der Waals surface area contributed by atoms with Gasteiger partial charge in [-0.3, -0.25) is 4.79 Å². The summed E-state index contributed by atoms with van der Waals surface area (Å²) < 4.78 is 91.4.